The van der Waals surface area contributed by atoms with Crippen molar-refractivity contribution in [1.29, 1.82) is 0 Å². The van der Waals surface area contributed by atoms with Crippen molar-refractivity contribution in [3.8, 4) is 5.75 Å². The van der Waals surface area contributed by atoms with Crippen LogP contribution < -0.4 is 5.48 Å². The fourth-order valence-corrected chi connectivity index (χ4v) is 4.08. The minimum atomic E-state index is -1.32. The van der Waals surface area contributed by atoms with Gasteiger partial charge < -0.3 is 19.5 Å². The van der Waals surface area contributed by atoms with E-state index in [4.69, 9.17) is 14.3 Å². The van der Waals surface area contributed by atoms with Gasteiger partial charge in [-0.15, -0.1) is 0 Å². The van der Waals surface area contributed by atoms with E-state index in [1.54, 1.807) is 18.2 Å². The second kappa shape index (κ2) is 11.7. The van der Waals surface area contributed by atoms with E-state index >= 15 is 0 Å². The first kappa shape index (κ1) is 25.2. The molecule has 4 rings (SSSR count). The Morgan fingerprint density at radius 1 is 1.11 bits per heavy atom. The van der Waals surface area contributed by atoms with Gasteiger partial charge in [0, 0.05) is 18.7 Å². The molecule has 1 unspecified atom stereocenters. The van der Waals surface area contributed by atoms with Gasteiger partial charge in [-0.05, 0) is 41.8 Å². The molecule has 0 saturated heterocycles. The number of aromatic hydroxyl groups is 1. The van der Waals surface area contributed by atoms with Crippen LogP contribution in [0.15, 0.2) is 66.7 Å². The molecule has 3 aromatic rings. The number of carbonyl (C=O) groups is 2. The Kier molecular flexibility index (Phi) is 8.14. The number of halogens is 1. The number of esters is 1. The molecule has 8 nitrogen and oxygen atoms in total. The number of methoxy groups -OCH3 is 1. The van der Waals surface area contributed by atoms with E-state index in [2.05, 4.69) is 5.48 Å². The first-order chi connectivity index (χ1) is 17.5. The summed E-state index contributed by atoms with van der Waals surface area (Å²) >= 11 is 0. The summed E-state index contributed by atoms with van der Waals surface area (Å²) < 4.78 is 24.4. The highest BCUT2D eigenvalue weighted by Crippen LogP contribution is 2.38. The molecule has 1 aliphatic heterocycles. The molecule has 2 N–H and O–H groups in total. The molecule has 1 amide bonds. The van der Waals surface area contributed by atoms with Crippen LogP contribution in [0.3, 0.4) is 0 Å². The molecule has 36 heavy (non-hydrogen) atoms. The van der Waals surface area contributed by atoms with Crippen molar-refractivity contribution in [3.63, 3.8) is 0 Å². The molecule has 1 heterocycles. The molecule has 0 fully saturated rings. The van der Waals surface area contributed by atoms with Crippen LogP contribution in [0.5, 0.6) is 5.75 Å². The number of amides is 1. The van der Waals surface area contributed by atoms with Gasteiger partial charge in [0.25, 0.3) is 5.91 Å². The van der Waals surface area contributed by atoms with Crippen molar-refractivity contribution < 1.29 is 33.4 Å². The lowest BCUT2D eigenvalue weighted by Gasteiger charge is -2.26. The maximum Gasteiger partial charge on any atom is 0.333 e. The van der Waals surface area contributed by atoms with Gasteiger partial charge in [0.05, 0.1) is 31.6 Å². The van der Waals surface area contributed by atoms with Crippen LogP contribution in [0.2, 0.25) is 0 Å². The van der Waals surface area contributed by atoms with E-state index in [-0.39, 0.29) is 17.9 Å². The average Bonchev–Trinajstić information content (AvgIpc) is 3.22. The first-order valence-corrected chi connectivity index (χ1v) is 11.5. The zero-order chi connectivity index (χ0) is 25.5. The summed E-state index contributed by atoms with van der Waals surface area (Å²) in [6.45, 7) is 1.45. The second-order valence-electron chi connectivity index (χ2n) is 8.24. The lowest BCUT2D eigenvalue weighted by molar-refractivity contribution is -0.146. The third kappa shape index (κ3) is 5.64. The Hall–Kier alpha value is -3.95. The van der Waals surface area contributed by atoms with Crippen molar-refractivity contribution in [2.45, 2.75) is 25.6 Å². The highest BCUT2D eigenvalue weighted by atomic mass is 19.1. The highest BCUT2D eigenvalue weighted by molar-refractivity contribution is 6.05. The minimum Gasteiger partial charge on any atom is -0.508 e. The van der Waals surface area contributed by atoms with Crippen molar-refractivity contribution in [2.24, 2.45) is 0 Å². The highest BCUT2D eigenvalue weighted by Gasteiger charge is 2.40. The SMILES string of the molecule is COC(=O)C(c1cc(F)ccc1O)N1Cc2cccc(NOCCCOCc3ccccc3)c2C1=O. The third-order valence-corrected chi connectivity index (χ3v) is 5.82. The normalized spacial score (nSPS) is 13.4. The van der Waals surface area contributed by atoms with Crippen LogP contribution in [0.1, 0.15) is 39.5 Å². The van der Waals surface area contributed by atoms with E-state index in [1.165, 1.54) is 12.0 Å². The largest absolute Gasteiger partial charge is 0.508 e. The Bertz CT molecular complexity index is 1220. The molecule has 0 bridgehead atoms. The topological polar surface area (TPSA) is 97.3 Å². The van der Waals surface area contributed by atoms with E-state index in [0.29, 0.717) is 43.1 Å². The number of hydrogen-bond acceptors (Lipinski definition) is 7. The van der Waals surface area contributed by atoms with Crippen LogP contribution in [0.4, 0.5) is 10.1 Å². The van der Waals surface area contributed by atoms with Crippen molar-refractivity contribution in [2.75, 3.05) is 25.8 Å². The summed E-state index contributed by atoms with van der Waals surface area (Å²) in [6.07, 6.45) is 0.637. The van der Waals surface area contributed by atoms with E-state index in [1.807, 2.05) is 30.3 Å². The summed E-state index contributed by atoms with van der Waals surface area (Å²) in [4.78, 5) is 32.8. The monoisotopic (exact) mass is 494 g/mol. The molecule has 188 valence electrons. The van der Waals surface area contributed by atoms with Crippen molar-refractivity contribution in [1.82, 2.24) is 4.90 Å². The summed E-state index contributed by atoms with van der Waals surface area (Å²) in [5.74, 6) is -2.23. The van der Waals surface area contributed by atoms with Gasteiger partial charge in [0.1, 0.15) is 11.6 Å². The van der Waals surface area contributed by atoms with Gasteiger partial charge in [-0.1, -0.05) is 42.5 Å². The smallest absolute Gasteiger partial charge is 0.333 e. The van der Waals surface area contributed by atoms with E-state index in [0.717, 1.165) is 23.8 Å². The number of carbonyl (C=O) groups excluding carboxylic acids is 2. The van der Waals surface area contributed by atoms with E-state index < -0.39 is 23.7 Å². The fraction of sp³-hybridized carbons (Fsp3) is 0.259. The number of fused-ring (bicyclic) bond motifs is 1. The number of anilines is 1. The Morgan fingerprint density at radius 3 is 2.69 bits per heavy atom. The van der Waals surface area contributed by atoms with Gasteiger partial charge in [0.2, 0.25) is 0 Å². The average molecular weight is 495 g/mol. The van der Waals surface area contributed by atoms with Gasteiger partial charge >= 0.3 is 5.97 Å². The van der Waals surface area contributed by atoms with Gasteiger partial charge in [-0.25, -0.2) is 9.18 Å². The number of hydrogen-bond donors (Lipinski definition) is 2. The molecular weight excluding hydrogens is 467 g/mol. The molecular formula is C27H27FN2O6. The zero-order valence-corrected chi connectivity index (χ0v) is 19.8. The lowest BCUT2D eigenvalue weighted by Crippen LogP contribution is -2.35. The van der Waals surface area contributed by atoms with Crippen LogP contribution in [0.25, 0.3) is 0 Å². The number of nitrogens with zero attached hydrogens (tertiary/aromatic N) is 1. The number of benzene rings is 3. The molecule has 0 spiro atoms. The first-order valence-electron chi connectivity index (χ1n) is 11.5. The number of ether oxygens (including phenoxy) is 2. The standard InChI is InChI=1S/C27H27FN2O6/c1-34-27(33)25(21-15-20(28)11-12-23(21)31)30-16-19-9-5-10-22(24(19)26(30)32)29-36-14-6-13-35-17-18-7-3-2-4-8-18/h2-5,7-12,15,25,29,31H,6,13-14,16-17H2,1H3. The quantitative estimate of drug-likeness (QED) is 0.232. The summed E-state index contributed by atoms with van der Waals surface area (Å²) in [5.41, 5.74) is 5.30. The van der Waals surface area contributed by atoms with Crippen LogP contribution in [-0.2, 0) is 32.3 Å². The summed E-state index contributed by atoms with van der Waals surface area (Å²) in [6, 6.07) is 17.0. The number of rotatable bonds is 11. The van der Waals surface area contributed by atoms with Gasteiger partial charge in [0.15, 0.2) is 6.04 Å². The molecule has 0 radical (unpaired) electrons. The lowest BCUT2D eigenvalue weighted by atomic mass is 10.0. The predicted octanol–water partition coefficient (Wildman–Crippen LogP) is 4.35. The fourth-order valence-electron chi connectivity index (χ4n) is 4.08. The Labute approximate surface area is 208 Å². The summed E-state index contributed by atoms with van der Waals surface area (Å²) in [5, 5.41) is 10.3. The van der Waals surface area contributed by atoms with Gasteiger partial charge in [-0.3, -0.25) is 15.1 Å². The van der Waals surface area contributed by atoms with E-state index in [9.17, 15) is 19.1 Å². The van der Waals surface area contributed by atoms with Crippen LogP contribution in [0, 0.1) is 5.82 Å². The van der Waals surface area contributed by atoms with Crippen molar-refractivity contribution >= 4 is 17.6 Å². The molecule has 0 aromatic heterocycles. The maximum absolute atomic E-state index is 13.9. The molecule has 0 saturated carbocycles. The van der Waals surface area contributed by atoms with Crippen molar-refractivity contribution in [3.05, 3.63) is 94.8 Å². The molecule has 1 aliphatic rings. The predicted molar refractivity (Wildman–Crippen MR) is 129 cm³/mol. The minimum absolute atomic E-state index is 0.0516. The third-order valence-electron chi connectivity index (χ3n) is 5.82. The zero-order valence-electron chi connectivity index (χ0n) is 19.8. The number of phenolic OH excluding ortho intramolecular Hbond substituents is 1. The molecule has 9 heteroatoms. The molecule has 1 atom stereocenters. The maximum atomic E-state index is 13.9. The number of nitrogens with one attached hydrogen (secondary N) is 1. The Balaban J connectivity index is 1.39. The van der Waals surface area contributed by atoms with Crippen LogP contribution >= 0.6 is 0 Å². The number of phenols is 1. The van der Waals surface area contributed by atoms with Gasteiger partial charge in [-0.2, -0.15) is 0 Å². The molecule has 0 aliphatic carbocycles. The Morgan fingerprint density at radius 2 is 1.92 bits per heavy atom. The molecule has 3 aromatic carbocycles. The van der Waals surface area contributed by atoms with Crippen LogP contribution in [-0.4, -0.2) is 42.2 Å². The summed E-state index contributed by atoms with van der Waals surface area (Å²) in [7, 11) is 1.17. The second-order valence-corrected chi connectivity index (χ2v) is 8.24.